The molecule has 0 aromatic carbocycles. The first-order valence-corrected chi connectivity index (χ1v) is 9.62. The molecule has 0 N–H and O–H groups in total. The Morgan fingerprint density at radius 3 is 3.00 bits per heavy atom. The first kappa shape index (κ1) is 15.1. The molecule has 4 rings (SSSR count). The molecule has 3 nitrogen and oxygen atoms in total. The van der Waals surface area contributed by atoms with E-state index in [0.29, 0.717) is 5.41 Å². The van der Waals surface area contributed by atoms with Crippen molar-refractivity contribution >= 4 is 11.3 Å². The number of hydrogen-bond donors (Lipinski definition) is 0. The monoisotopic (exact) mass is 320 g/mol. The number of thiophene rings is 1. The Labute approximate surface area is 138 Å². The molecule has 1 saturated carbocycles. The van der Waals surface area contributed by atoms with Crippen LogP contribution in [-0.4, -0.2) is 56.2 Å². The Kier molecular flexibility index (Phi) is 4.29. The first-order chi connectivity index (χ1) is 10.7. The highest BCUT2D eigenvalue weighted by molar-refractivity contribution is 7.09. The van der Waals surface area contributed by atoms with Gasteiger partial charge in [0, 0.05) is 49.0 Å². The van der Waals surface area contributed by atoms with Crippen LogP contribution in [0.5, 0.6) is 0 Å². The second kappa shape index (κ2) is 6.23. The maximum absolute atomic E-state index is 6.07. The molecule has 0 radical (unpaired) electrons. The van der Waals surface area contributed by atoms with Crippen molar-refractivity contribution in [2.24, 2.45) is 17.3 Å². The maximum atomic E-state index is 6.07. The molecule has 122 valence electrons. The summed E-state index contributed by atoms with van der Waals surface area (Å²) in [6.07, 6.45) is 4.13. The van der Waals surface area contributed by atoms with E-state index >= 15 is 0 Å². The summed E-state index contributed by atoms with van der Waals surface area (Å²) in [5.74, 6) is 1.61. The molecule has 0 unspecified atom stereocenters. The van der Waals surface area contributed by atoms with E-state index in [1.807, 2.05) is 11.3 Å². The number of likely N-dealkylation sites (tertiary alicyclic amines) is 2. The predicted molar refractivity (Wildman–Crippen MR) is 91.2 cm³/mol. The third-order valence-corrected chi connectivity index (χ3v) is 6.64. The summed E-state index contributed by atoms with van der Waals surface area (Å²) >= 11 is 1.89. The first-order valence-electron chi connectivity index (χ1n) is 8.75. The quantitative estimate of drug-likeness (QED) is 0.801. The van der Waals surface area contributed by atoms with Crippen LogP contribution in [0, 0.1) is 17.3 Å². The maximum Gasteiger partial charge on any atom is 0.0512 e. The molecule has 1 aromatic heterocycles. The van der Waals surface area contributed by atoms with Crippen LogP contribution < -0.4 is 0 Å². The molecular formula is C18H28N2OS. The van der Waals surface area contributed by atoms with Crippen molar-refractivity contribution in [1.82, 2.24) is 9.80 Å². The number of rotatable bonds is 6. The zero-order valence-corrected chi connectivity index (χ0v) is 14.5. The van der Waals surface area contributed by atoms with Gasteiger partial charge in [0.05, 0.1) is 6.61 Å². The van der Waals surface area contributed by atoms with Gasteiger partial charge in [0.1, 0.15) is 0 Å². The van der Waals surface area contributed by atoms with Crippen molar-refractivity contribution in [1.29, 1.82) is 0 Å². The number of ether oxygens (including phenoxy) is 1. The molecule has 3 heterocycles. The van der Waals surface area contributed by atoms with Gasteiger partial charge in [0.25, 0.3) is 0 Å². The highest BCUT2D eigenvalue weighted by atomic mass is 32.1. The molecule has 2 saturated heterocycles. The summed E-state index contributed by atoms with van der Waals surface area (Å²) in [6.45, 7) is 8.11. The van der Waals surface area contributed by atoms with Crippen LogP contribution in [0.2, 0.25) is 0 Å². The standard InChI is InChI=1S/C18H28N2OS/c1-19-9-16(12-21-11-15-4-5-15)18(13-19)6-7-20(14-18)10-17-3-2-8-22-17/h2-3,8,15-16H,4-7,9-14H2,1H3/t16-,18+/m0/s1. The average molecular weight is 321 g/mol. The van der Waals surface area contributed by atoms with E-state index in [4.69, 9.17) is 4.74 Å². The molecule has 22 heavy (non-hydrogen) atoms. The van der Waals surface area contributed by atoms with Crippen LogP contribution in [0.1, 0.15) is 24.1 Å². The van der Waals surface area contributed by atoms with Crippen molar-refractivity contribution in [3.8, 4) is 0 Å². The fourth-order valence-electron chi connectivity index (χ4n) is 4.40. The van der Waals surface area contributed by atoms with Crippen LogP contribution in [0.3, 0.4) is 0 Å². The van der Waals surface area contributed by atoms with E-state index in [-0.39, 0.29) is 0 Å². The van der Waals surface area contributed by atoms with Gasteiger partial charge in [0.15, 0.2) is 0 Å². The van der Waals surface area contributed by atoms with Gasteiger partial charge in [-0.15, -0.1) is 11.3 Å². The van der Waals surface area contributed by atoms with Crippen molar-refractivity contribution in [3.05, 3.63) is 22.4 Å². The van der Waals surface area contributed by atoms with Crippen molar-refractivity contribution in [3.63, 3.8) is 0 Å². The van der Waals surface area contributed by atoms with Crippen molar-refractivity contribution in [2.75, 3.05) is 46.4 Å². The smallest absolute Gasteiger partial charge is 0.0512 e. The van der Waals surface area contributed by atoms with Crippen LogP contribution in [0.25, 0.3) is 0 Å². The third kappa shape index (κ3) is 3.25. The van der Waals surface area contributed by atoms with Gasteiger partial charge < -0.3 is 9.64 Å². The molecule has 1 aliphatic carbocycles. The lowest BCUT2D eigenvalue weighted by atomic mass is 9.77. The number of hydrogen-bond acceptors (Lipinski definition) is 4. The van der Waals surface area contributed by atoms with E-state index in [1.165, 1.54) is 50.3 Å². The van der Waals surface area contributed by atoms with Gasteiger partial charge in [-0.2, -0.15) is 0 Å². The van der Waals surface area contributed by atoms with E-state index in [2.05, 4.69) is 34.4 Å². The fourth-order valence-corrected chi connectivity index (χ4v) is 5.14. The SMILES string of the molecule is CN1C[C@@H](COCC2CC2)[C@]2(CCN(Cc3cccs3)C2)C1. The molecule has 1 spiro atoms. The summed E-state index contributed by atoms with van der Waals surface area (Å²) in [5, 5.41) is 2.19. The average Bonchev–Trinajstić information content (AvgIpc) is 2.90. The van der Waals surface area contributed by atoms with Gasteiger partial charge in [-0.25, -0.2) is 0 Å². The molecule has 1 aromatic rings. The Bertz CT molecular complexity index is 487. The zero-order valence-electron chi connectivity index (χ0n) is 13.7. The predicted octanol–water partition coefficient (Wildman–Crippen LogP) is 2.93. The topological polar surface area (TPSA) is 15.7 Å². The van der Waals surface area contributed by atoms with Crippen LogP contribution in [0.4, 0.5) is 0 Å². The summed E-state index contributed by atoms with van der Waals surface area (Å²) < 4.78 is 6.07. The molecule has 4 heteroatoms. The van der Waals surface area contributed by atoms with E-state index in [0.717, 1.165) is 31.6 Å². The lowest BCUT2D eigenvalue weighted by molar-refractivity contribution is 0.0556. The minimum atomic E-state index is 0.482. The van der Waals surface area contributed by atoms with Crippen molar-refractivity contribution < 1.29 is 4.74 Å². The molecule has 3 aliphatic rings. The Balaban J connectivity index is 1.35. The normalized spacial score (nSPS) is 33.2. The molecule has 2 atom stereocenters. The molecule has 0 bridgehead atoms. The molecular weight excluding hydrogens is 292 g/mol. The minimum absolute atomic E-state index is 0.482. The van der Waals surface area contributed by atoms with Crippen LogP contribution in [-0.2, 0) is 11.3 Å². The summed E-state index contributed by atoms with van der Waals surface area (Å²) in [7, 11) is 2.28. The van der Waals surface area contributed by atoms with Crippen LogP contribution in [0.15, 0.2) is 17.5 Å². The lowest BCUT2D eigenvalue weighted by Crippen LogP contribution is -2.36. The second-order valence-electron chi connectivity index (χ2n) is 7.78. The van der Waals surface area contributed by atoms with Gasteiger partial charge in [-0.1, -0.05) is 6.07 Å². The summed E-state index contributed by atoms with van der Waals surface area (Å²) in [4.78, 5) is 6.70. The largest absolute Gasteiger partial charge is 0.381 e. The van der Waals surface area contributed by atoms with Gasteiger partial charge in [-0.3, -0.25) is 4.90 Å². The van der Waals surface area contributed by atoms with E-state index in [1.54, 1.807) is 0 Å². The van der Waals surface area contributed by atoms with Gasteiger partial charge >= 0.3 is 0 Å². The highest BCUT2D eigenvalue weighted by Crippen LogP contribution is 2.44. The minimum Gasteiger partial charge on any atom is -0.381 e. The second-order valence-corrected chi connectivity index (χ2v) is 8.81. The Morgan fingerprint density at radius 1 is 1.32 bits per heavy atom. The Hall–Kier alpha value is -0.420. The number of nitrogens with zero attached hydrogens (tertiary/aromatic N) is 2. The molecule has 2 aliphatic heterocycles. The fraction of sp³-hybridized carbons (Fsp3) is 0.778. The van der Waals surface area contributed by atoms with E-state index < -0.39 is 0 Å². The van der Waals surface area contributed by atoms with Gasteiger partial charge in [-0.05, 0) is 50.2 Å². The van der Waals surface area contributed by atoms with E-state index in [9.17, 15) is 0 Å². The Morgan fingerprint density at radius 2 is 2.23 bits per heavy atom. The summed E-state index contributed by atoms with van der Waals surface area (Å²) in [6, 6.07) is 4.44. The molecule has 0 amide bonds. The van der Waals surface area contributed by atoms with Gasteiger partial charge in [0.2, 0.25) is 0 Å². The van der Waals surface area contributed by atoms with Crippen LogP contribution >= 0.6 is 11.3 Å². The summed E-state index contributed by atoms with van der Waals surface area (Å²) in [5.41, 5.74) is 0.482. The highest BCUT2D eigenvalue weighted by Gasteiger charge is 2.49. The zero-order chi connectivity index (χ0) is 15.0. The molecule has 3 fully saturated rings. The third-order valence-electron chi connectivity index (χ3n) is 5.78. The van der Waals surface area contributed by atoms with Crippen molar-refractivity contribution in [2.45, 2.75) is 25.8 Å². The lowest BCUT2D eigenvalue weighted by Gasteiger charge is -2.30.